The monoisotopic (exact) mass is 267 g/mol. The van der Waals surface area contributed by atoms with E-state index in [1.54, 1.807) is 34.4 Å². The fraction of sp³-hybridized carbons (Fsp3) is 0.182. The van der Waals surface area contributed by atoms with Crippen LogP contribution in [0, 0.1) is 0 Å². The van der Waals surface area contributed by atoms with E-state index in [1.807, 2.05) is 11.4 Å². The molecule has 2 aromatic heterocycles. The van der Waals surface area contributed by atoms with Gasteiger partial charge in [-0.15, -0.1) is 34.4 Å². The Hall–Kier alpha value is -0.780. The van der Waals surface area contributed by atoms with Crippen LogP contribution in [0.25, 0.3) is 0 Å². The molecule has 0 saturated heterocycles. The lowest BCUT2D eigenvalue weighted by Gasteiger charge is -2.10. The molecule has 1 amide bonds. The van der Waals surface area contributed by atoms with E-state index in [0.717, 1.165) is 5.69 Å². The molecule has 16 heavy (non-hydrogen) atoms. The summed E-state index contributed by atoms with van der Waals surface area (Å²) < 4.78 is 0. The molecule has 0 spiro atoms. The van der Waals surface area contributed by atoms with Gasteiger partial charge in [-0.25, -0.2) is 0 Å². The van der Waals surface area contributed by atoms with Gasteiger partial charge in [-0.3, -0.25) is 4.79 Å². The van der Waals surface area contributed by atoms with Crippen LogP contribution in [0.5, 0.6) is 0 Å². The second-order valence-corrected chi connectivity index (χ2v) is 6.47. The first-order valence-electron chi connectivity index (χ1n) is 4.87. The van der Waals surface area contributed by atoms with Gasteiger partial charge in [0.2, 0.25) is 5.91 Å². The lowest BCUT2D eigenvalue weighted by molar-refractivity contribution is -0.113. The second kappa shape index (κ2) is 4.24. The van der Waals surface area contributed by atoms with Gasteiger partial charge in [-0.05, 0) is 22.9 Å². The summed E-state index contributed by atoms with van der Waals surface area (Å²) in [4.78, 5) is 14.1. The average molecular weight is 267 g/mol. The van der Waals surface area contributed by atoms with Crippen LogP contribution >= 0.6 is 34.4 Å². The minimum Gasteiger partial charge on any atom is -0.324 e. The van der Waals surface area contributed by atoms with Crippen molar-refractivity contribution in [2.24, 2.45) is 0 Å². The fourth-order valence-corrected chi connectivity index (χ4v) is 4.99. The van der Waals surface area contributed by atoms with Crippen molar-refractivity contribution in [2.75, 3.05) is 11.1 Å². The topological polar surface area (TPSA) is 29.1 Å². The minimum absolute atomic E-state index is 0.101. The standard InChI is InChI=1S/C11H9NOS3/c13-9-6-16-11(8-2-1-4-14-8)10-7(12-9)3-5-15-10/h1-5,11H,6H2,(H,12,13)/t11-/m0/s1. The summed E-state index contributed by atoms with van der Waals surface area (Å²) in [5.41, 5.74) is 0.985. The summed E-state index contributed by atoms with van der Waals surface area (Å²) in [6.07, 6.45) is 0. The van der Waals surface area contributed by atoms with Crippen molar-refractivity contribution in [3.05, 3.63) is 38.7 Å². The Kier molecular flexibility index (Phi) is 2.75. The molecule has 5 heteroatoms. The molecular formula is C11H9NOS3. The molecule has 1 aliphatic rings. The van der Waals surface area contributed by atoms with E-state index in [9.17, 15) is 4.79 Å². The molecule has 1 atom stereocenters. The number of thiophene rings is 2. The van der Waals surface area contributed by atoms with Gasteiger partial charge in [0, 0.05) is 9.75 Å². The highest BCUT2D eigenvalue weighted by atomic mass is 32.2. The minimum atomic E-state index is 0.101. The van der Waals surface area contributed by atoms with Crippen molar-refractivity contribution in [1.29, 1.82) is 0 Å². The first-order valence-corrected chi connectivity index (χ1v) is 7.67. The molecule has 3 rings (SSSR count). The van der Waals surface area contributed by atoms with E-state index in [2.05, 4.69) is 22.8 Å². The lowest BCUT2D eigenvalue weighted by atomic mass is 10.2. The highest BCUT2D eigenvalue weighted by Crippen LogP contribution is 2.45. The number of rotatable bonds is 1. The van der Waals surface area contributed by atoms with Gasteiger partial charge >= 0.3 is 0 Å². The quantitative estimate of drug-likeness (QED) is 0.855. The molecule has 0 aliphatic carbocycles. The smallest absolute Gasteiger partial charge is 0.234 e. The SMILES string of the molecule is O=C1CS[C@@H](c2cccs2)c2sccc2N1. The van der Waals surface area contributed by atoms with Crippen LogP contribution in [0.15, 0.2) is 29.0 Å². The summed E-state index contributed by atoms with van der Waals surface area (Å²) in [5.74, 6) is 0.632. The van der Waals surface area contributed by atoms with Crippen LogP contribution in [-0.4, -0.2) is 11.7 Å². The largest absolute Gasteiger partial charge is 0.324 e. The Balaban J connectivity index is 2.05. The number of nitrogens with one attached hydrogen (secondary N) is 1. The van der Waals surface area contributed by atoms with Crippen molar-refractivity contribution in [3.8, 4) is 0 Å². The van der Waals surface area contributed by atoms with Crippen molar-refractivity contribution in [3.63, 3.8) is 0 Å². The number of anilines is 1. The fourth-order valence-electron chi connectivity index (χ4n) is 1.70. The Morgan fingerprint density at radius 1 is 1.25 bits per heavy atom. The summed E-state index contributed by atoms with van der Waals surface area (Å²) in [6.45, 7) is 0. The first-order chi connectivity index (χ1) is 7.84. The number of carbonyl (C=O) groups is 1. The molecule has 0 fully saturated rings. The van der Waals surface area contributed by atoms with Gasteiger partial charge in [-0.2, -0.15) is 0 Å². The van der Waals surface area contributed by atoms with Crippen molar-refractivity contribution >= 4 is 46.0 Å². The zero-order valence-electron chi connectivity index (χ0n) is 8.30. The number of hydrogen-bond acceptors (Lipinski definition) is 4. The predicted octanol–water partition coefficient (Wildman–Crippen LogP) is 3.58. The maximum Gasteiger partial charge on any atom is 0.234 e. The van der Waals surface area contributed by atoms with Crippen LogP contribution in [-0.2, 0) is 4.79 Å². The van der Waals surface area contributed by atoms with Crippen LogP contribution in [0.1, 0.15) is 15.0 Å². The van der Waals surface area contributed by atoms with E-state index in [0.29, 0.717) is 11.0 Å². The van der Waals surface area contributed by atoms with Crippen molar-refractivity contribution in [1.82, 2.24) is 0 Å². The molecule has 0 unspecified atom stereocenters. The number of fused-ring (bicyclic) bond motifs is 1. The Bertz CT molecular complexity index is 503. The molecule has 1 aliphatic heterocycles. The molecule has 3 heterocycles. The number of thioether (sulfide) groups is 1. The third-order valence-corrected chi connectivity index (χ3v) is 5.86. The van der Waals surface area contributed by atoms with E-state index >= 15 is 0 Å². The second-order valence-electron chi connectivity index (χ2n) is 3.45. The van der Waals surface area contributed by atoms with Crippen molar-refractivity contribution < 1.29 is 4.79 Å². The van der Waals surface area contributed by atoms with Crippen LogP contribution in [0.2, 0.25) is 0 Å². The van der Waals surface area contributed by atoms with E-state index in [-0.39, 0.29) is 5.91 Å². The van der Waals surface area contributed by atoms with Gasteiger partial charge in [0.1, 0.15) is 0 Å². The Morgan fingerprint density at radius 2 is 2.19 bits per heavy atom. The molecule has 2 aromatic rings. The highest BCUT2D eigenvalue weighted by Gasteiger charge is 2.25. The molecule has 0 bridgehead atoms. The van der Waals surface area contributed by atoms with Crippen LogP contribution in [0.4, 0.5) is 5.69 Å². The Morgan fingerprint density at radius 3 is 3.00 bits per heavy atom. The van der Waals surface area contributed by atoms with E-state index in [4.69, 9.17) is 0 Å². The maximum absolute atomic E-state index is 11.5. The number of carbonyl (C=O) groups excluding carboxylic acids is 1. The zero-order valence-corrected chi connectivity index (χ0v) is 10.8. The molecule has 0 aromatic carbocycles. The van der Waals surface area contributed by atoms with E-state index < -0.39 is 0 Å². The third kappa shape index (κ3) is 1.79. The van der Waals surface area contributed by atoms with Gasteiger partial charge in [0.05, 0.1) is 16.7 Å². The van der Waals surface area contributed by atoms with Gasteiger partial charge in [-0.1, -0.05) is 6.07 Å². The summed E-state index contributed by atoms with van der Waals surface area (Å²) in [5, 5.41) is 7.39. The highest BCUT2D eigenvalue weighted by molar-refractivity contribution is 8.00. The zero-order chi connectivity index (χ0) is 11.0. The van der Waals surface area contributed by atoms with Crippen molar-refractivity contribution in [2.45, 2.75) is 5.25 Å². The lowest BCUT2D eigenvalue weighted by Crippen LogP contribution is -2.11. The molecule has 82 valence electrons. The van der Waals surface area contributed by atoms with Gasteiger partial charge in [0.15, 0.2) is 0 Å². The molecule has 0 radical (unpaired) electrons. The number of hydrogen-bond donors (Lipinski definition) is 1. The summed E-state index contributed by atoms with van der Waals surface area (Å²) in [7, 11) is 0. The molecule has 1 N–H and O–H groups in total. The van der Waals surface area contributed by atoms with Gasteiger partial charge < -0.3 is 5.32 Å². The van der Waals surface area contributed by atoms with E-state index in [1.165, 1.54) is 9.75 Å². The third-order valence-electron chi connectivity index (χ3n) is 2.39. The molecular weight excluding hydrogens is 258 g/mol. The Labute approximate surface area is 106 Å². The average Bonchev–Trinajstić information content (AvgIpc) is 2.89. The first kappa shape index (κ1) is 10.4. The maximum atomic E-state index is 11.5. The normalized spacial score (nSPS) is 20.0. The predicted molar refractivity (Wildman–Crippen MR) is 71.6 cm³/mol. The van der Waals surface area contributed by atoms with Gasteiger partial charge in [0.25, 0.3) is 0 Å². The molecule has 2 nitrogen and oxygen atoms in total. The van der Waals surface area contributed by atoms with Crippen LogP contribution in [0.3, 0.4) is 0 Å². The number of amides is 1. The summed E-state index contributed by atoms with van der Waals surface area (Å²) >= 11 is 5.18. The van der Waals surface area contributed by atoms with Crippen LogP contribution < -0.4 is 5.32 Å². The molecule has 0 saturated carbocycles. The summed E-state index contributed by atoms with van der Waals surface area (Å²) in [6, 6.07) is 6.19.